The third-order valence-corrected chi connectivity index (χ3v) is 5.28. The zero-order chi connectivity index (χ0) is 24.4. The number of thiazole rings is 1. The summed E-state index contributed by atoms with van der Waals surface area (Å²) < 4.78 is 93.4. The van der Waals surface area contributed by atoms with Gasteiger partial charge in [-0.25, -0.2) is 9.78 Å². The minimum atomic E-state index is -5.07. The van der Waals surface area contributed by atoms with E-state index in [2.05, 4.69) is 4.98 Å². The molecule has 3 rings (SSSR count). The molecule has 176 valence electrons. The zero-order valence-corrected chi connectivity index (χ0v) is 17.8. The summed E-state index contributed by atoms with van der Waals surface area (Å²) in [7, 11) is 2.91. The first kappa shape index (κ1) is 24.4. The van der Waals surface area contributed by atoms with Gasteiger partial charge < -0.3 is 14.2 Å². The maximum atomic E-state index is 13.0. The number of carbonyl (C=O) groups is 1. The molecule has 3 aromatic rings. The number of benzene rings is 2. The molecule has 0 aliphatic rings. The van der Waals surface area contributed by atoms with E-state index in [0.717, 1.165) is 0 Å². The molecule has 0 saturated carbocycles. The summed E-state index contributed by atoms with van der Waals surface area (Å²) in [5, 5.41) is 2.02. The fourth-order valence-corrected chi connectivity index (χ4v) is 3.67. The van der Waals surface area contributed by atoms with Gasteiger partial charge in [-0.05, 0) is 30.3 Å². The minimum Gasteiger partial charge on any atom is -0.493 e. The number of hydrogen-bond donors (Lipinski definition) is 0. The van der Waals surface area contributed by atoms with Crippen molar-refractivity contribution in [2.24, 2.45) is 0 Å². The number of esters is 1. The number of hydrogen-bond acceptors (Lipinski definition) is 6. The van der Waals surface area contributed by atoms with Gasteiger partial charge in [-0.15, -0.1) is 11.3 Å². The number of para-hydroxylation sites is 1. The van der Waals surface area contributed by atoms with Crippen molar-refractivity contribution in [2.45, 2.75) is 19.0 Å². The second-order valence-corrected chi connectivity index (χ2v) is 7.41. The number of aromatic nitrogens is 1. The lowest BCUT2D eigenvalue weighted by atomic mass is 10.0. The number of rotatable bonds is 6. The highest BCUT2D eigenvalue weighted by molar-refractivity contribution is 7.13. The fraction of sp³-hybridized carbons (Fsp3) is 0.238. The van der Waals surface area contributed by atoms with Crippen LogP contribution in [0.2, 0.25) is 0 Å². The molecular weight excluding hydrogens is 476 g/mol. The molecule has 0 aliphatic heterocycles. The summed E-state index contributed by atoms with van der Waals surface area (Å²) >= 11 is 1.17. The maximum absolute atomic E-state index is 13.0. The highest BCUT2D eigenvalue weighted by Crippen LogP contribution is 2.39. The van der Waals surface area contributed by atoms with Crippen molar-refractivity contribution in [1.82, 2.24) is 4.98 Å². The van der Waals surface area contributed by atoms with Gasteiger partial charge >= 0.3 is 18.3 Å². The van der Waals surface area contributed by atoms with Crippen LogP contribution in [0.5, 0.6) is 11.5 Å². The number of carbonyl (C=O) groups excluding carboxylic acids is 1. The van der Waals surface area contributed by atoms with Crippen molar-refractivity contribution < 1.29 is 45.3 Å². The quantitative estimate of drug-likeness (QED) is 0.303. The lowest BCUT2D eigenvalue weighted by molar-refractivity contribution is -0.143. The Morgan fingerprint density at radius 1 is 0.970 bits per heavy atom. The summed E-state index contributed by atoms with van der Waals surface area (Å²) in [4.78, 5) is 16.5. The molecular formula is C21H15F6NO4S. The van der Waals surface area contributed by atoms with Gasteiger partial charge in [0, 0.05) is 5.38 Å². The Kier molecular flexibility index (Phi) is 6.86. The predicted octanol–water partition coefficient (Wildman–Crippen LogP) is 6.22. The summed E-state index contributed by atoms with van der Waals surface area (Å²) in [5.41, 5.74) is -3.25. The van der Waals surface area contributed by atoms with Crippen LogP contribution in [0.3, 0.4) is 0 Å². The first-order valence-corrected chi connectivity index (χ1v) is 9.94. The number of ether oxygens (including phenoxy) is 3. The van der Waals surface area contributed by atoms with E-state index in [0.29, 0.717) is 34.2 Å². The molecule has 0 N–H and O–H groups in total. The molecule has 0 amide bonds. The summed E-state index contributed by atoms with van der Waals surface area (Å²) in [6.45, 7) is -0.459. The molecule has 0 fully saturated rings. The third kappa shape index (κ3) is 5.56. The van der Waals surface area contributed by atoms with Crippen LogP contribution in [0.25, 0.3) is 10.6 Å². The topological polar surface area (TPSA) is 57.7 Å². The Labute approximate surface area is 187 Å². The third-order valence-electron chi connectivity index (χ3n) is 4.36. The summed E-state index contributed by atoms with van der Waals surface area (Å²) in [6.07, 6.45) is -10.1. The molecule has 33 heavy (non-hydrogen) atoms. The van der Waals surface area contributed by atoms with E-state index in [1.54, 1.807) is 18.2 Å². The molecule has 12 heteroatoms. The largest absolute Gasteiger partial charge is 0.493 e. The van der Waals surface area contributed by atoms with E-state index >= 15 is 0 Å². The zero-order valence-electron chi connectivity index (χ0n) is 17.0. The summed E-state index contributed by atoms with van der Waals surface area (Å²) in [5.74, 6) is -0.468. The van der Waals surface area contributed by atoms with E-state index in [-0.39, 0.29) is 11.8 Å². The molecule has 0 spiro atoms. The van der Waals surface area contributed by atoms with E-state index in [1.165, 1.54) is 30.9 Å². The second kappa shape index (κ2) is 9.30. The first-order valence-electron chi connectivity index (χ1n) is 9.06. The number of methoxy groups -OCH3 is 2. The van der Waals surface area contributed by atoms with Gasteiger partial charge in [0.05, 0.1) is 42.2 Å². The van der Waals surface area contributed by atoms with Gasteiger partial charge in [0.1, 0.15) is 11.6 Å². The minimum absolute atomic E-state index is 0.0645. The van der Waals surface area contributed by atoms with Gasteiger partial charge in [-0.3, -0.25) is 0 Å². The normalized spacial score (nSPS) is 11.9. The Hall–Kier alpha value is -3.28. The molecule has 0 aliphatic carbocycles. The van der Waals surface area contributed by atoms with Crippen LogP contribution in [0.1, 0.15) is 27.2 Å². The molecule has 0 saturated heterocycles. The Morgan fingerprint density at radius 2 is 1.61 bits per heavy atom. The molecule has 1 heterocycles. The highest BCUT2D eigenvalue weighted by Gasteiger charge is 2.37. The lowest BCUT2D eigenvalue weighted by Crippen LogP contribution is -2.14. The lowest BCUT2D eigenvalue weighted by Gasteiger charge is -2.13. The average molecular weight is 491 g/mol. The van der Waals surface area contributed by atoms with Gasteiger partial charge in [0.25, 0.3) is 0 Å². The van der Waals surface area contributed by atoms with Crippen molar-refractivity contribution in [3.8, 4) is 22.1 Å². The average Bonchev–Trinajstić information content (AvgIpc) is 3.24. The number of halogens is 6. The Morgan fingerprint density at radius 3 is 2.15 bits per heavy atom. The van der Waals surface area contributed by atoms with Crippen LogP contribution in [-0.4, -0.2) is 25.2 Å². The van der Waals surface area contributed by atoms with Gasteiger partial charge in [0.15, 0.2) is 11.5 Å². The molecule has 5 nitrogen and oxygen atoms in total. The van der Waals surface area contributed by atoms with Crippen LogP contribution < -0.4 is 9.47 Å². The molecule has 0 bridgehead atoms. The van der Waals surface area contributed by atoms with Gasteiger partial charge in [0.2, 0.25) is 0 Å². The fourth-order valence-electron chi connectivity index (χ4n) is 2.85. The highest BCUT2D eigenvalue weighted by atomic mass is 32.1. The monoisotopic (exact) mass is 491 g/mol. The molecule has 1 aromatic heterocycles. The van der Waals surface area contributed by atoms with Crippen molar-refractivity contribution >= 4 is 17.3 Å². The molecule has 0 radical (unpaired) electrons. The van der Waals surface area contributed by atoms with Crippen LogP contribution in [-0.2, 0) is 23.7 Å². The van der Waals surface area contributed by atoms with Crippen molar-refractivity contribution in [3.05, 3.63) is 64.2 Å². The number of alkyl halides is 6. The van der Waals surface area contributed by atoms with Crippen molar-refractivity contribution in [2.75, 3.05) is 14.2 Å². The van der Waals surface area contributed by atoms with Crippen LogP contribution in [0, 0.1) is 0 Å². The van der Waals surface area contributed by atoms with Crippen molar-refractivity contribution in [3.63, 3.8) is 0 Å². The van der Waals surface area contributed by atoms with Crippen LogP contribution in [0.15, 0.2) is 41.8 Å². The van der Waals surface area contributed by atoms with E-state index in [4.69, 9.17) is 14.2 Å². The maximum Gasteiger partial charge on any atom is 0.416 e. The van der Waals surface area contributed by atoms with Gasteiger partial charge in [-0.1, -0.05) is 6.07 Å². The smallest absolute Gasteiger partial charge is 0.416 e. The first-order chi connectivity index (χ1) is 15.4. The summed E-state index contributed by atoms with van der Waals surface area (Å²) in [6, 6.07) is 5.67. The van der Waals surface area contributed by atoms with Crippen LogP contribution in [0.4, 0.5) is 26.3 Å². The predicted molar refractivity (Wildman–Crippen MR) is 106 cm³/mol. The molecule has 0 atom stereocenters. The van der Waals surface area contributed by atoms with E-state index in [1.807, 2.05) is 0 Å². The van der Waals surface area contributed by atoms with E-state index < -0.39 is 41.6 Å². The van der Waals surface area contributed by atoms with Gasteiger partial charge in [-0.2, -0.15) is 26.3 Å². The van der Waals surface area contributed by atoms with E-state index in [9.17, 15) is 31.1 Å². The molecule has 0 unspecified atom stereocenters. The second-order valence-electron chi connectivity index (χ2n) is 6.56. The SMILES string of the molecule is COc1cccc(-c2nc(COC(=O)c3cc(C(F)(F)F)cc(C(F)(F)F)c3)cs2)c1OC. The number of nitrogens with zero attached hydrogens (tertiary/aromatic N) is 1. The van der Waals surface area contributed by atoms with Crippen LogP contribution >= 0.6 is 11.3 Å². The molecule has 2 aromatic carbocycles. The Balaban J connectivity index is 1.81. The standard InChI is InChI=1S/C21H15F6NO4S/c1-30-16-5-3-4-15(17(16)31-2)18-28-14(10-33-18)9-32-19(29)11-6-12(20(22,23)24)8-13(7-11)21(25,26)27/h3-8,10H,9H2,1-2H3. The van der Waals surface area contributed by atoms with Crippen molar-refractivity contribution in [1.29, 1.82) is 0 Å². The Bertz CT molecular complexity index is 1120.